The quantitative estimate of drug-likeness (QED) is 0.756. The first-order valence-electron chi connectivity index (χ1n) is 9.18. The molecule has 3 atom stereocenters. The largest absolute Gasteiger partial charge is 0.312 e. The van der Waals surface area contributed by atoms with Crippen LogP contribution in [-0.4, -0.2) is 37.1 Å². The first kappa shape index (κ1) is 16.3. The van der Waals surface area contributed by atoms with Crippen molar-refractivity contribution in [3.8, 4) is 0 Å². The van der Waals surface area contributed by atoms with Crippen LogP contribution in [0.5, 0.6) is 0 Å². The summed E-state index contributed by atoms with van der Waals surface area (Å²) in [6, 6.07) is 1.52. The molecule has 1 N–H and O–H groups in total. The number of nitrogens with one attached hydrogen (secondary N) is 1. The van der Waals surface area contributed by atoms with Gasteiger partial charge in [0.15, 0.2) is 0 Å². The zero-order valence-electron chi connectivity index (χ0n) is 14.0. The van der Waals surface area contributed by atoms with E-state index in [1.165, 1.54) is 70.9 Å². The number of likely N-dealkylation sites (N-methyl/N-ethyl adjacent to an activating group) is 1. The van der Waals surface area contributed by atoms with E-state index in [-0.39, 0.29) is 0 Å². The molecule has 0 aromatic rings. The van der Waals surface area contributed by atoms with Gasteiger partial charge in [-0.25, -0.2) is 0 Å². The lowest BCUT2D eigenvalue weighted by Gasteiger charge is -2.42. The fourth-order valence-electron chi connectivity index (χ4n) is 4.39. The molecule has 0 amide bonds. The van der Waals surface area contributed by atoms with Gasteiger partial charge in [0, 0.05) is 18.6 Å². The van der Waals surface area contributed by atoms with E-state index in [1.807, 2.05) is 0 Å². The fraction of sp³-hybridized carbons (Fsp3) is 1.00. The molecule has 0 saturated heterocycles. The van der Waals surface area contributed by atoms with Crippen LogP contribution >= 0.6 is 0 Å². The lowest BCUT2D eigenvalue weighted by molar-refractivity contribution is 0.104. The highest BCUT2D eigenvalue weighted by atomic mass is 15.2. The minimum absolute atomic E-state index is 0.740. The Balaban J connectivity index is 1.89. The summed E-state index contributed by atoms with van der Waals surface area (Å²) < 4.78 is 0. The molecule has 0 spiro atoms. The molecule has 2 aliphatic carbocycles. The van der Waals surface area contributed by atoms with E-state index in [2.05, 4.69) is 31.1 Å². The van der Waals surface area contributed by atoms with Gasteiger partial charge >= 0.3 is 0 Å². The third kappa shape index (κ3) is 4.46. The van der Waals surface area contributed by atoms with Gasteiger partial charge in [-0.1, -0.05) is 33.1 Å². The molecule has 2 rings (SSSR count). The first-order chi connectivity index (χ1) is 9.74. The highest BCUT2D eigenvalue weighted by molar-refractivity contribution is 4.91. The topological polar surface area (TPSA) is 15.3 Å². The summed E-state index contributed by atoms with van der Waals surface area (Å²) in [7, 11) is 2.39. The summed E-state index contributed by atoms with van der Waals surface area (Å²) in [5, 5.41) is 3.83. The molecule has 0 aromatic heterocycles. The van der Waals surface area contributed by atoms with Crippen molar-refractivity contribution >= 4 is 0 Å². The zero-order chi connectivity index (χ0) is 14.4. The highest BCUT2D eigenvalue weighted by Crippen LogP contribution is 2.32. The minimum Gasteiger partial charge on any atom is -0.312 e. The molecule has 0 bridgehead atoms. The predicted molar refractivity (Wildman–Crippen MR) is 88.1 cm³/mol. The lowest BCUT2D eigenvalue weighted by Crippen LogP contribution is -2.53. The summed E-state index contributed by atoms with van der Waals surface area (Å²) in [4.78, 5) is 2.71. The van der Waals surface area contributed by atoms with Gasteiger partial charge in [-0.2, -0.15) is 0 Å². The molecule has 0 aliphatic heterocycles. The van der Waals surface area contributed by atoms with Crippen LogP contribution in [0.25, 0.3) is 0 Å². The average molecular weight is 280 g/mol. The van der Waals surface area contributed by atoms with Gasteiger partial charge in [0.05, 0.1) is 0 Å². The third-order valence-electron chi connectivity index (χ3n) is 5.75. The predicted octanol–water partition coefficient (Wildman–Crippen LogP) is 4.06. The lowest BCUT2D eigenvalue weighted by atomic mass is 9.80. The number of rotatable bonds is 7. The normalized spacial score (nSPS) is 32.1. The van der Waals surface area contributed by atoms with Crippen LogP contribution < -0.4 is 5.32 Å². The van der Waals surface area contributed by atoms with Crippen molar-refractivity contribution in [2.24, 2.45) is 11.8 Å². The Morgan fingerprint density at radius 3 is 2.40 bits per heavy atom. The van der Waals surface area contributed by atoms with Crippen LogP contribution in [0, 0.1) is 11.8 Å². The standard InChI is InChI=1S/C18H36N2/c1-4-12-19-17-11-10-15(5-2)13-18(17)20(3)14-16-8-6-7-9-16/h15-19H,4-14H2,1-3H3. The molecule has 20 heavy (non-hydrogen) atoms. The number of hydrogen-bond acceptors (Lipinski definition) is 2. The van der Waals surface area contributed by atoms with Crippen LogP contribution in [0.15, 0.2) is 0 Å². The molecule has 2 heteroatoms. The second kappa shape index (κ2) is 8.38. The van der Waals surface area contributed by atoms with Crippen LogP contribution in [0.1, 0.15) is 71.6 Å². The Labute approximate surface area is 126 Å². The molecular weight excluding hydrogens is 244 g/mol. The summed E-state index contributed by atoms with van der Waals surface area (Å²) in [5.74, 6) is 1.94. The van der Waals surface area contributed by atoms with Crippen molar-refractivity contribution < 1.29 is 0 Å². The molecule has 2 saturated carbocycles. The Kier molecular flexibility index (Phi) is 6.83. The van der Waals surface area contributed by atoms with E-state index in [0.717, 1.165) is 23.9 Å². The van der Waals surface area contributed by atoms with Crippen molar-refractivity contribution in [1.82, 2.24) is 10.2 Å². The second-order valence-electron chi connectivity index (χ2n) is 7.31. The SMILES string of the molecule is CCCNC1CCC(CC)CC1N(C)CC1CCCC1. The van der Waals surface area contributed by atoms with E-state index in [4.69, 9.17) is 0 Å². The van der Waals surface area contributed by atoms with Gasteiger partial charge in [0.25, 0.3) is 0 Å². The van der Waals surface area contributed by atoms with Gasteiger partial charge in [0.1, 0.15) is 0 Å². The number of hydrogen-bond donors (Lipinski definition) is 1. The van der Waals surface area contributed by atoms with Crippen LogP contribution in [-0.2, 0) is 0 Å². The molecule has 2 aliphatic rings. The van der Waals surface area contributed by atoms with E-state index >= 15 is 0 Å². The molecule has 2 fully saturated rings. The summed E-state index contributed by atoms with van der Waals surface area (Å²) in [6.45, 7) is 7.18. The second-order valence-corrected chi connectivity index (χ2v) is 7.31. The van der Waals surface area contributed by atoms with E-state index in [1.54, 1.807) is 0 Å². The maximum Gasteiger partial charge on any atom is 0.0249 e. The van der Waals surface area contributed by atoms with Crippen LogP contribution in [0.2, 0.25) is 0 Å². The smallest absolute Gasteiger partial charge is 0.0249 e. The van der Waals surface area contributed by atoms with Crippen molar-refractivity contribution in [2.75, 3.05) is 20.1 Å². The van der Waals surface area contributed by atoms with E-state index in [9.17, 15) is 0 Å². The minimum atomic E-state index is 0.740. The highest BCUT2D eigenvalue weighted by Gasteiger charge is 2.33. The van der Waals surface area contributed by atoms with Crippen molar-refractivity contribution in [2.45, 2.75) is 83.7 Å². The summed E-state index contributed by atoms with van der Waals surface area (Å²) >= 11 is 0. The number of nitrogens with zero attached hydrogens (tertiary/aromatic N) is 1. The Hall–Kier alpha value is -0.0800. The summed E-state index contributed by atoms with van der Waals surface area (Å²) in [6.07, 6.45) is 12.8. The molecule has 0 heterocycles. The molecule has 0 aromatic carbocycles. The van der Waals surface area contributed by atoms with Crippen molar-refractivity contribution in [1.29, 1.82) is 0 Å². The first-order valence-corrected chi connectivity index (χ1v) is 9.18. The van der Waals surface area contributed by atoms with E-state index < -0.39 is 0 Å². The summed E-state index contributed by atoms with van der Waals surface area (Å²) in [5.41, 5.74) is 0. The zero-order valence-corrected chi connectivity index (χ0v) is 14.0. The maximum absolute atomic E-state index is 3.83. The van der Waals surface area contributed by atoms with Crippen molar-refractivity contribution in [3.63, 3.8) is 0 Å². The van der Waals surface area contributed by atoms with Crippen LogP contribution in [0.3, 0.4) is 0 Å². The third-order valence-corrected chi connectivity index (χ3v) is 5.75. The fourth-order valence-corrected chi connectivity index (χ4v) is 4.39. The molecule has 118 valence electrons. The monoisotopic (exact) mass is 280 g/mol. The molecule has 3 unspecified atom stereocenters. The molecule has 2 nitrogen and oxygen atoms in total. The Morgan fingerprint density at radius 1 is 1.00 bits per heavy atom. The average Bonchev–Trinajstić information content (AvgIpc) is 2.97. The van der Waals surface area contributed by atoms with Crippen molar-refractivity contribution in [3.05, 3.63) is 0 Å². The maximum atomic E-state index is 3.83. The van der Waals surface area contributed by atoms with Gasteiger partial charge in [0.2, 0.25) is 0 Å². The Bertz CT molecular complexity index is 260. The van der Waals surface area contributed by atoms with Gasteiger partial charge in [-0.3, -0.25) is 0 Å². The molecular formula is C18H36N2. The van der Waals surface area contributed by atoms with Gasteiger partial charge in [-0.05, 0) is 64.0 Å². The van der Waals surface area contributed by atoms with Crippen LogP contribution in [0.4, 0.5) is 0 Å². The van der Waals surface area contributed by atoms with Gasteiger partial charge in [-0.15, -0.1) is 0 Å². The Morgan fingerprint density at radius 2 is 1.75 bits per heavy atom. The van der Waals surface area contributed by atoms with Gasteiger partial charge < -0.3 is 10.2 Å². The molecule has 0 radical (unpaired) electrons. The van der Waals surface area contributed by atoms with E-state index in [0.29, 0.717) is 0 Å².